The Balaban J connectivity index is 2.17. The highest BCUT2D eigenvalue weighted by atomic mass is 35.5. The van der Waals surface area contributed by atoms with E-state index in [4.69, 9.17) is 11.6 Å². The molecule has 2 nitrogen and oxygen atoms in total. The maximum absolute atomic E-state index is 13.2. The number of halogens is 4. The molecular weight excluding hydrogens is 301 g/mol. The van der Waals surface area contributed by atoms with E-state index >= 15 is 0 Å². The van der Waals surface area contributed by atoms with Crippen LogP contribution >= 0.6 is 11.6 Å². The maximum atomic E-state index is 13.2. The average molecular weight is 321 g/mol. The van der Waals surface area contributed by atoms with Crippen LogP contribution in [0, 0.1) is 11.8 Å². The smallest absolute Gasteiger partial charge is 0.316 e. The van der Waals surface area contributed by atoms with Crippen LogP contribution in [0.2, 0.25) is 5.02 Å². The molecule has 0 radical (unpaired) electrons. The molecule has 2 rings (SSSR count). The van der Waals surface area contributed by atoms with E-state index in [2.05, 4.69) is 10.3 Å². The molecule has 0 aliphatic heterocycles. The molecule has 3 unspecified atom stereocenters. The molecule has 3 atom stereocenters. The maximum Gasteiger partial charge on any atom is 0.392 e. The lowest BCUT2D eigenvalue weighted by Gasteiger charge is -2.38. The first-order valence-electron chi connectivity index (χ1n) is 7.26. The second-order valence-electron chi connectivity index (χ2n) is 5.66. The van der Waals surface area contributed by atoms with Gasteiger partial charge in [0.25, 0.3) is 0 Å². The number of hydrogen-bond acceptors (Lipinski definition) is 2. The first-order chi connectivity index (χ1) is 9.93. The third-order valence-corrected chi connectivity index (χ3v) is 4.76. The SMILES string of the molecule is CNC(Cc1ccncc1Cl)C1CCCCC1C(F)(F)F. The lowest BCUT2D eigenvalue weighted by Crippen LogP contribution is -2.45. The number of alkyl halides is 3. The normalized spacial score (nSPS) is 24.8. The van der Waals surface area contributed by atoms with Crippen LogP contribution in [-0.4, -0.2) is 24.2 Å². The molecule has 6 heteroatoms. The minimum Gasteiger partial charge on any atom is -0.316 e. The minimum absolute atomic E-state index is 0.225. The Labute approximate surface area is 128 Å². The van der Waals surface area contributed by atoms with Crippen molar-refractivity contribution < 1.29 is 13.2 Å². The van der Waals surface area contributed by atoms with Crippen LogP contribution in [0.3, 0.4) is 0 Å². The molecule has 118 valence electrons. The van der Waals surface area contributed by atoms with E-state index in [1.807, 2.05) is 0 Å². The lowest BCUT2D eigenvalue weighted by atomic mass is 9.73. The van der Waals surface area contributed by atoms with Gasteiger partial charge in [-0.25, -0.2) is 0 Å². The molecule has 1 aromatic rings. The number of rotatable bonds is 4. The number of nitrogens with one attached hydrogen (secondary N) is 1. The Morgan fingerprint density at radius 1 is 1.38 bits per heavy atom. The van der Waals surface area contributed by atoms with Crippen LogP contribution in [0.5, 0.6) is 0 Å². The standard InChI is InChI=1S/C15H20ClF3N2/c1-20-14(8-10-6-7-21-9-13(10)16)11-4-2-3-5-12(11)15(17,18)19/h6-7,9,11-12,14,20H,2-5,8H2,1H3. The average Bonchev–Trinajstić information content (AvgIpc) is 2.45. The fourth-order valence-electron chi connectivity index (χ4n) is 3.32. The number of hydrogen-bond donors (Lipinski definition) is 1. The van der Waals surface area contributed by atoms with Gasteiger partial charge in [-0.2, -0.15) is 13.2 Å². The Morgan fingerprint density at radius 2 is 2.10 bits per heavy atom. The fourth-order valence-corrected chi connectivity index (χ4v) is 3.52. The molecular formula is C15H20ClF3N2. The molecule has 1 N–H and O–H groups in total. The van der Waals surface area contributed by atoms with Gasteiger partial charge in [0, 0.05) is 18.4 Å². The summed E-state index contributed by atoms with van der Waals surface area (Å²) < 4.78 is 39.7. The summed E-state index contributed by atoms with van der Waals surface area (Å²) in [6.07, 6.45) is 1.89. The molecule has 1 fully saturated rings. The van der Waals surface area contributed by atoms with Gasteiger partial charge in [0.15, 0.2) is 0 Å². The molecule has 1 heterocycles. The van der Waals surface area contributed by atoms with E-state index in [-0.39, 0.29) is 12.5 Å². The number of aromatic nitrogens is 1. The molecule has 0 bridgehead atoms. The monoisotopic (exact) mass is 320 g/mol. The summed E-state index contributed by atoms with van der Waals surface area (Å²) in [6, 6.07) is 1.55. The van der Waals surface area contributed by atoms with Crippen molar-refractivity contribution in [3.05, 3.63) is 29.0 Å². The summed E-state index contributed by atoms with van der Waals surface area (Å²) in [5, 5.41) is 3.58. The molecule has 0 saturated heterocycles. The molecule has 1 aromatic heterocycles. The Hall–Kier alpha value is -0.810. The first kappa shape index (κ1) is 16.6. The Kier molecular flexibility index (Phi) is 5.49. The van der Waals surface area contributed by atoms with Crippen LogP contribution in [0.25, 0.3) is 0 Å². The van der Waals surface area contributed by atoms with Gasteiger partial charge in [-0.1, -0.05) is 24.4 Å². The van der Waals surface area contributed by atoms with Crippen molar-refractivity contribution in [1.29, 1.82) is 0 Å². The second kappa shape index (κ2) is 6.97. The number of likely N-dealkylation sites (N-methyl/N-ethyl adjacent to an activating group) is 1. The predicted octanol–water partition coefficient (Wildman–Crippen LogP) is 4.23. The van der Waals surface area contributed by atoms with E-state index in [0.717, 1.165) is 12.0 Å². The predicted molar refractivity (Wildman–Crippen MR) is 77.3 cm³/mol. The van der Waals surface area contributed by atoms with Gasteiger partial charge in [-0.3, -0.25) is 4.98 Å². The van der Waals surface area contributed by atoms with Crippen molar-refractivity contribution in [3.63, 3.8) is 0 Å². The summed E-state index contributed by atoms with van der Waals surface area (Å²) in [6.45, 7) is 0. The minimum atomic E-state index is -4.12. The van der Waals surface area contributed by atoms with Gasteiger partial charge in [0.2, 0.25) is 0 Å². The zero-order chi connectivity index (χ0) is 15.5. The summed E-state index contributed by atoms with van der Waals surface area (Å²) in [4.78, 5) is 3.91. The second-order valence-corrected chi connectivity index (χ2v) is 6.07. The lowest BCUT2D eigenvalue weighted by molar-refractivity contribution is -0.199. The number of pyridine rings is 1. The zero-order valence-electron chi connectivity index (χ0n) is 12.0. The third kappa shape index (κ3) is 4.10. The van der Waals surface area contributed by atoms with Crippen LogP contribution < -0.4 is 5.32 Å². The highest BCUT2D eigenvalue weighted by molar-refractivity contribution is 6.31. The quantitative estimate of drug-likeness (QED) is 0.898. The molecule has 1 saturated carbocycles. The van der Waals surface area contributed by atoms with Crippen LogP contribution in [0.4, 0.5) is 13.2 Å². The molecule has 0 amide bonds. The molecule has 0 aromatic carbocycles. The topological polar surface area (TPSA) is 24.9 Å². The molecule has 1 aliphatic carbocycles. The number of nitrogens with zero attached hydrogens (tertiary/aromatic N) is 1. The van der Waals surface area contributed by atoms with Crippen LogP contribution in [0.1, 0.15) is 31.2 Å². The summed E-state index contributed by atoms with van der Waals surface area (Å²) in [5.41, 5.74) is 0.845. The van der Waals surface area contributed by atoms with E-state index in [1.54, 1.807) is 19.3 Å². The first-order valence-corrected chi connectivity index (χ1v) is 7.63. The summed E-state index contributed by atoms with van der Waals surface area (Å²) in [7, 11) is 1.72. The van der Waals surface area contributed by atoms with Gasteiger partial charge < -0.3 is 5.32 Å². The van der Waals surface area contributed by atoms with Gasteiger partial charge in [0.1, 0.15) is 0 Å². The summed E-state index contributed by atoms with van der Waals surface area (Å²) >= 11 is 6.08. The molecule has 21 heavy (non-hydrogen) atoms. The Bertz CT molecular complexity index is 464. The molecule has 1 aliphatic rings. The fraction of sp³-hybridized carbons (Fsp3) is 0.667. The van der Waals surface area contributed by atoms with Crippen molar-refractivity contribution in [2.24, 2.45) is 11.8 Å². The van der Waals surface area contributed by atoms with E-state index in [9.17, 15) is 13.2 Å². The Morgan fingerprint density at radius 3 is 2.71 bits per heavy atom. The van der Waals surface area contributed by atoms with Gasteiger partial charge in [-0.05, 0) is 43.9 Å². The largest absolute Gasteiger partial charge is 0.392 e. The van der Waals surface area contributed by atoms with Crippen molar-refractivity contribution in [2.75, 3.05) is 7.05 Å². The van der Waals surface area contributed by atoms with Crippen LogP contribution in [-0.2, 0) is 6.42 Å². The van der Waals surface area contributed by atoms with Crippen LogP contribution in [0.15, 0.2) is 18.5 Å². The zero-order valence-corrected chi connectivity index (χ0v) is 12.7. The van der Waals surface area contributed by atoms with Crippen molar-refractivity contribution in [2.45, 2.75) is 44.3 Å². The van der Waals surface area contributed by atoms with Crippen molar-refractivity contribution >= 4 is 11.6 Å². The van der Waals surface area contributed by atoms with Gasteiger partial charge in [-0.15, -0.1) is 0 Å². The van der Waals surface area contributed by atoms with Gasteiger partial charge in [0.05, 0.1) is 10.9 Å². The van der Waals surface area contributed by atoms with E-state index < -0.39 is 18.0 Å². The van der Waals surface area contributed by atoms with Gasteiger partial charge >= 0.3 is 6.18 Å². The summed E-state index contributed by atoms with van der Waals surface area (Å²) in [5.74, 6) is -1.61. The highest BCUT2D eigenvalue weighted by Crippen LogP contribution is 2.43. The van der Waals surface area contributed by atoms with Crippen molar-refractivity contribution in [3.8, 4) is 0 Å². The van der Waals surface area contributed by atoms with E-state index in [1.165, 1.54) is 6.20 Å². The molecule has 0 spiro atoms. The van der Waals surface area contributed by atoms with Crippen molar-refractivity contribution in [1.82, 2.24) is 10.3 Å². The highest BCUT2D eigenvalue weighted by Gasteiger charge is 2.47. The van der Waals surface area contributed by atoms with E-state index in [0.29, 0.717) is 24.3 Å². The third-order valence-electron chi connectivity index (χ3n) is 4.42.